The van der Waals surface area contributed by atoms with Gasteiger partial charge in [-0.05, 0) is 38.1 Å². The van der Waals surface area contributed by atoms with Crippen molar-refractivity contribution in [1.82, 2.24) is 19.6 Å². The van der Waals surface area contributed by atoms with Crippen molar-refractivity contribution in [2.45, 2.75) is 20.3 Å². The maximum atomic E-state index is 12.7. The highest BCUT2D eigenvalue weighted by atomic mass is 16.5. The number of benzene rings is 1. The molecule has 1 aliphatic heterocycles. The first-order valence-electron chi connectivity index (χ1n) is 9.74. The lowest BCUT2D eigenvalue weighted by atomic mass is 10.1. The highest BCUT2D eigenvalue weighted by Gasteiger charge is 2.23. The number of hydrogen-bond donors (Lipinski definition) is 0. The predicted octanol–water partition coefficient (Wildman–Crippen LogP) is 1.81. The van der Waals surface area contributed by atoms with Crippen LogP contribution in [0, 0.1) is 13.8 Å². The van der Waals surface area contributed by atoms with Gasteiger partial charge in [-0.3, -0.25) is 14.4 Å². The molecule has 1 aromatic heterocycles. The number of methoxy groups -OCH3 is 1. The molecule has 0 N–H and O–H groups in total. The summed E-state index contributed by atoms with van der Waals surface area (Å²) >= 11 is 0. The fourth-order valence-corrected chi connectivity index (χ4v) is 3.52. The van der Waals surface area contributed by atoms with Gasteiger partial charge in [-0.1, -0.05) is 0 Å². The third kappa shape index (κ3) is 4.84. The molecule has 0 aliphatic carbocycles. The average Bonchev–Trinajstić information content (AvgIpc) is 2.95. The van der Waals surface area contributed by atoms with Crippen molar-refractivity contribution in [3.8, 4) is 11.5 Å². The number of aromatic nitrogens is 2. The summed E-state index contributed by atoms with van der Waals surface area (Å²) in [5, 5.41) is 4.41. The second-order valence-corrected chi connectivity index (χ2v) is 7.20. The largest absolute Gasteiger partial charge is 0.497 e. The zero-order valence-corrected chi connectivity index (χ0v) is 17.3. The first kappa shape index (κ1) is 20.2. The molecule has 0 bridgehead atoms. The normalized spacial score (nSPS) is 14.9. The number of carbonyl (C=O) groups excluding carboxylic acids is 1. The zero-order chi connectivity index (χ0) is 20.1. The Balaban J connectivity index is 1.40. The number of amides is 1. The molecule has 2 heterocycles. The molecule has 1 aliphatic rings. The van der Waals surface area contributed by atoms with E-state index in [0.717, 1.165) is 61.2 Å². The van der Waals surface area contributed by atoms with Crippen LogP contribution in [0.5, 0.6) is 11.5 Å². The number of ether oxygens (including phenoxy) is 2. The number of piperazine rings is 1. The number of nitrogens with zero attached hydrogens (tertiary/aromatic N) is 4. The second-order valence-electron chi connectivity index (χ2n) is 7.20. The van der Waals surface area contributed by atoms with E-state index in [1.807, 2.05) is 54.7 Å². The number of aryl methyl sites for hydroxylation is 2. The molecular weight excluding hydrogens is 356 g/mol. The molecule has 28 heavy (non-hydrogen) atoms. The Morgan fingerprint density at radius 1 is 1.07 bits per heavy atom. The average molecular weight is 386 g/mol. The van der Waals surface area contributed by atoms with Gasteiger partial charge in [0.2, 0.25) is 5.91 Å². The summed E-state index contributed by atoms with van der Waals surface area (Å²) in [6.45, 7) is 8.76. The van der Waals surface area contributed by atoms with E-state index in [0.29, 0.717) is 13.0 Å². The van der Waals surface area contributed by atoms with E-state index in [1.54, 1.807) is 7.11 Å². The van der Waals surface area contributed by atoms with Crippen molar-refractivity contribution in [3.05, 3.63) is 41.2 Å². The van der Waals surface area contributed by atoms with Crippen molar-refractivity contribution >= 4 is 5.91 Å². The minimum absolute atomic E-state index is 0.188. The quantitative estimate of drug-likeness (QED) is 0.726. The minimum Gasteiger partial charge on any atom is -0.497 e. The fraction of sp³-hybridized carbons (Fsp3) is 0.524. The molecule has 0 saturated carbocycles. The third-order valence-electron chi connectivity index (χ3n) is 5.45. The minimum atomic E-state index is 0.188. The zero-order valence-electron chi connectivity index (χ0n) is 17.3. The molecule has 3 rings (SSSR count). The lowest BCUT2D eigenvalue weighted by molar-refractivity contribution is -0.132. The first-order valence-corrected chi connectivity index (χ1v) is 9.74. The van der Waals surface area contributed by atoms with E-state index >= 15 is 0 Å². The Morgan fingerprint density at radius 2 is 1.71 bits per heavy atom. The molecule has 7 nitrogen and oxygen atoms in total. The van der Waals surface area contributed by atoms with Crippen LogP contribution in [0.25, 0.3) is 0 Å². The van der Waals surface area contributed by atoms with Gasteiger partial charge < -0.3 is 14.4 Å². The Bertz CT molecular complexity index is 793. The molecular formula is C21H30N4O3. The fourth-order valence-electron chi connectivity index (χ4n) is 3.52. The number of carbonyl (C=O) groups is 1. The summed E-state index contributed by atoms with van der Waals surface area (Å²) < 4.78 is 12.8. The van der Waals surface area contributed by atoms with Gasteiger partial charge in [0.05, 0.1) is 19.2 Å². The summed E-state index contributed by atoms with van der Waals surface area (Å²) in [6, 6.07) is 7.62. The smallest absolute Gasteiger partial charge is 0.227 e. The maximum Gasteiger partial charge on any atom is 0.227 e. The Hall–Kier alpha value is -2.54. The highest BCUT2D eigenvalue weighted by Crippen LogP contribution is 2.17. The van der Waals surface area contributed by atoms with Crippen LogP contribution in [0.4, 0.5) is 0 Å². The monoisotopic (exact) mass is 386 g/mol. The molecule has 7 heteroatoms. The van der Waals surface area contributed by atoms with Gasteiger partial charge >= 0.3 is 0 Å². The van der Waals surface area contributed by atoms with E-state index < -0.39 is 0 Å². The van der Waals surface area contributed by atoms with E-state index in [9.17, 15) is 4.79 Å². The van der Waals surface area contributed by atoms with Crippen LogP contribution in [0.2, 0.25) is 0 Å². The number of hydrogen-bond acceptors (Lipinski definition) is 5. The van der Waals surface area contributed by atoms with Gasteiger partial charge in [-0.15, -0.1) is 0 Å². The highest BCUT2D eigenvalue weighted by molar-refractivity contribution is 5.79. The topological polar surface area (TPSA) is 59.8 Å². The van der Waals surface area contributed by atoms with Crippen LogP contribution in [0.1, 0.15) is 17.0 Å². The summed E-state index contributed by atoms with van der Waals surface area (Å²) in [7, 11) is 3.57. The Labute approximate surface area is 166 Å². The summed E-state index contributed by atoms with van der Waals surface area (Å²) in [6.07, 6.45) is 0.437. The van der Waals surface area contributed by atoms with Crippen LogP contribution < -0.4 is 9.47 Å². The van der Waals surface area contributed by atoms with Crippen LogP contribution in [-0.2, 0) is 18.3 Å². The van der Waals surface area contributed by atoms with E-state index in [1.165, 1.54) is 0 Å². The lowest BCUT2D eigenvalue weighted by Crippen LogP contribution is -2.50. The molecule has 0 spiro atoms. The molecule has 0 unspecified atom stereocenters. The molecule has 152 valence electrons. The Kier molecular flexibility index (Phi) is 6.57. The lowest BCUT2D eigenvalue weighted by Gasteiger charge is -2.34. The summed E-state index contributed by atoms with van der Waals surface area (Å²) in [5.41, 5.74) is 3.07. The van der Waals surface area contributed by atoms with Gasteiger partial charge in [0, 0.05) is 51.0 Å². The summed E-state index contributed by atoms with van der Waals surface area (Å²) in [4.78, 5) is 17.0. The van der Waals surface area contributed by atoms with Gasteiger partial charge in [0.15, 0.2) is 0 Å². The van der Waals surface area contributed by atoms with Crippen molar-refractivity contribution in [3.63, 3.8) is 0 Å². The van der Waals surface area contributed by atoms with Gasteiger partial charge in [-0.25, -0.2) is 0 Å². The molecule has 1 saturated heterocycles. The summed E-state index contributed by atoms with van der Waals surface area (Å²) in [5.74, 6) is 1.86. The molecule has 1 aromatic carbocycles. The van der Waals surface area contributed by atoms with Crippen molar-refractivity contribution < 1.29 is 14.3 Å². The van der Waals surface area contributed by atoms with Crippen molar-refractivity contribution in [1.29, 1.82) is 0 Å². The maximum absolute atomic E-state index is 12.7. The van der Waals surface area contributed by atoms with E-state index in [4.69, 9.17) is 9.47 Å². The van der Waals surface area contributed by atoms with Crippen LogP contribution in [0.15, 0.2) is 24.3 Å². The van der Waals surface area contributed by atoms with Gasteiger partial charge in [0.25, 0.3) is 0 Å². The third-order valence-corrected chi connectivity index (χ3v) is 5.45. The standard InChI is InChI=1S/C21H30N4O3/c1-16-20(17(2)23(3)22-16)15-21(26)25-11-9-24(10-12-25)13-14-28-19-7-5-18(27-4)6-8-19/h5-8H,9-15H2,1-4H3. The van der Waals surface area contributed by atoms with Crippen molar-refractivity contribution in [2.24, 2.45) is 7.05 Å². The van der Waals surface area contributed by atoms with E-state index in [-0.39, 0.29) is 5.91 Å². The Morgan fingerprint density at radius 3 is 2.29 bits per heavy atom. The predicted molar refractivity (Wildman–Crippen MR) is 108 cm³/mol. The molecule has 0 atom stereocenters. The van der Waals surface area contributed by atoms with Gasteiger partial charge in [-0.2, -0.15) is 5.10 Å². The van der Waals surface area contributed by atoms with Crippen molar-refractivity contribution in [2.75, 3.05) is 46.4 Å². The first-order chi connectivity index (χ1) is 13.5. The molecule has 0 radical (unpaired) electrons. The van der Waals surface area contributed by atoms with Gasteiger partial charge in [0.1, 0.15) is 18.1 Å². The second kappa shape index (κ2) is 9.10. The number of rotatable bonds is 7. The van der Waals surface area contributed by atoms with Crippen LogP contribution in [-0.4, -0.2) is 71.9 Å². The van der Waals surface area contributed by atoms with E-state index in [2.05, 4.69) is 10.00 Å². The van der Waals surface area contributed by atoms with Crippen LogP contribution >= 0.6 is 0 Å². The SMILES string of the molecule is COc1ccc(OCCN2CCN(C(=O)Cc3c(C)nn(C)c3C)CC2)cc1. The molecule has 1 fully saturated rings. The van der Waals surface area contributed by atoms with Crippen LogP contribution in [0.3, 0.4) is 0 Å². The molecule has 1 amide bonds. The molecule has 2 aromatic rings.